The molecule has 2 unspecified atom stereocenters. The highest BCUT2D eigenvalue weighted by Crippen LogP contribution is 2.30. The van der Waals surface area contributed by atoms with Gasteiger partial charge >= 0.3 is 0 Å². The van der Waals surface area contributed by atoms with Crippen molar-refractivity contribution in [3.63, 3.8) is 0 Å². The van der Waals surface area contributed by atoms with Gasteiger partial charge in [0.1, 0.15) is 12.2 Å². The summed E-state index contributed by atoms with van der Waals surface area (Å²) in [5, 5.41) is 1.04. The van der Waals surface area contributed by atoms with Crippen LogP contribution in [0.1, 0.15) is 19.4 Å². The molecule has 0 spiro atoms. The van der Waals surface area contributed by atoms with Gasteiger partial charge < -0.3 is 9.47 Å². The van der Waals surface area contributed by atoms with Crippen molar-refractivity contribution in [3.05, 3.63) is 71.6 Å². The molecule has 0 aromatic heterocycles. The van der Waals surface area contributed by atoms with Crippen LogP contribution in [0.2, 0.25) is 0 Å². The van der Waals surface area contributed by atoms with Gasteiger partial charge in [-0.15, -0.1) is 0 Å². The molecule has 0 radical (unpaired) electrons. The first-order valence-corrected chi connectivity index (χ1v) is 12.2. The minimum Gasteiger partial charge on any atom is -0.342 e. The molecule has 0 N–H and O–H groups in total. The van der Waals surface area contributed by atoms with Crippen molar-refractivity contribution in [3.8, 4) is 0 Å². The molecule has 1 aliphatic rings. The van der Waals surface area contributed by atoms with Crippen LogP contribution in [0.15, 0.2) is 75.9 Å². The lowest BCUT2D eigenvalue weighted by Gasteiger charge is -2.16. The lowest BCUT2D eigenvalue weighted by atomic mass is 10.2. The third-order valence-electron chi connectivity index (χ3n) is 4.44. The van der Waals surface area contributed by atoms with Crippen molar-refractivity contribution in [2.24, 2.45) is 0 Å². The van der Waals surface area contributed by atoms with Gasteiger partial charge in [0.05, 0.1) is 16.4 Å². The molecule has 162 valence electrons. The van der Waals surface area contributed by atoms with E-state index in [0.29, 0.717) is 0 Å². The Labute approximate surface area is 177 Å². The number of rotatable bonds is 7. The number of hydrogen-bond acceptors (Lipinski definition) is 7. The summed E-state index contributed by atoms with van der Waals surface area (Å²) >= 11 is 0. The SMILES string of the molecule is Cc1ccc(S(=O)(=O)OCC2OC(C)(C)OC2/C=C/S(=O)(=O)c2ccccc2)cc1. The van der Waals surface area contributed by atoms with Gasteiger partial charge in [0.15, 0.2) is 15.6 Å². The fraction of sp³-hybridized carbons (Fsp3) is 0.333. The summed E-state index contributed by atoms with van der Waals surface area (Å²) < 4.78 is 66.4. The van der Waals surface area contributed by atoms with Crippen LogP contribution in [-0.2, 0) is 33.6 Å². The highest BCUT2D eigenvalue weighted by Gasteiger charge is 2.41. The van der Waals surface area contributed by atoms with Gasteiger partial charge in [-0.2, -0.15) is 8.42 Å². The fourth-order valence-corrected chi connectivity index (χ4v) is 4.93. The summed E-state index contributed by atoms with van der Waals surface area (Å²) in [4.78, 5) is 0.180. The molecule has 2 aromatic carbocycles. The van der Waals surface area contributed by atoms with E-state index in [-0.39, 0.29) is 16.4 Å². The molecule has 9 heteroatoms. The van der Waals surface area contributed by atoms with Crippen LogP contribution in [0, 0.1) is 6.92 Å². The lowest BCUT2D eigenvalue weighted by molar-refractivity contribution is -0.145. The molecular weight excluding hydrogens is 428 g/mol. The first-order valence-electron chi connectivity index (χ1n) is 9.29. The van der Waals surface area contributed by atoms with E-state index >= 15 is 0 Å². The molecular formula is C21H24O7S2. The maximum absolute atomic E-state index is 12.5. The zero-order chi connectivity index (χ0) is 22.0. The maximum atomic E-state index is 12.5. The van der Waals surface area contributed by atoms with Crippen molar-refractivity contribution in [2.75, 3.05) is 6.61 Å². The molecule has 1 fully saturated rings. The molecule has 1 aliphatic heterocycles. The van der Waals surface area contributed by atoms with E-state index in [9.17, 15) is 16.8 Å². The van der Waals surface area contributed by atoms with Gasteiger partial charge in [0.2, 0.25) is 0 Å². The van der Waals surface area contributed by atoms with Gasteiger partial charge in [-0.25, -0.2) is 8.42 Å². The topological polar surface area (TPSA) is 96.0 Å². The molecule has 2 atom stereocenters. The lowest BCUT2D eigenvalue weighted by Crippen LogP contribution is -2.28. The Morgan fingerprint density at radius 1 is 0.933 bits per heavy atom. The second-order valence-corrected chi connectivity index (χ2v) is 10.8. The maximum Gasteiger partial charge on any atom is 0.297 e. The molecule has 7 nitrogen and oxygen atoms in total. The number of aryl methyl sites for hydroxylation is 1. The standard InChI is InChI=1S/C21H24O7S2/c1-16-9-11-18(12-10-16)30(24,25)26-15-20-19(27-21(2,3)28-20)13-14-29(22,23)17-7-5-4-6-8-17/h4-14,19-20H,15H2,1-3H3/b14-13+. The van der Waals surface area contributed by atoms with Crippen LogP contribution in [0.3, 0.4) is 0 Å². The van der Waals surface area contributed by atoms with Gasteiger partial charge in [-0.3, -0.25) is 4.18 Å². The fourth-order valence-electron chi connectivity index (χ4n) is 2.95. The molecule has 1 saturated heterocycles. The van der Waals surface area contributed by atoms with Crippen LogP contribution in [0.25, 0.3) is 0 Å². The smallest absolute Gasteiger partial charge is 0.297 e. The molecule has 30 heavy (non-hydrogen) atoms. The summed E-state index contributed by atoms with van der Waals surface area (Å²) in [6.07, 6.45) is -0.252. The minimum absolute atomic E-state index is 0.0324. The number of sulfone groups is 1. The number of benzene rings is 2. The van der Waals surface area contributed by atoms with Gasteiger partial charge in [0, 0.05) is 5.41 Å². The van der Waals surface area contributed by atoms with E-state index in [1.54, 1.807) is 44.2 Å². The van der Waals surface area contributed by atoms with E-state index in [4.69, 9.17) is 13.7 Å². The summed E-state index contributed by atoms with van der Waals surface area (Å²) in [5.41, 5.74) is 0.924. The Bertz CT molecular complexity index is 1100. The third kappa shape index (κ3) is 5.55. The van der Waals surface area contributed by atoms with Crippen LogP contribution in [-0.4, -0.2) is 41.4 Å². The normalized spacial score (nSPS) is 21.8. The number of hydrogen-bond donors (Lipinski definition) is 0. The molecule has 3 rings (SSSR count). The predicted molar refractivity (Wildman–Crippen MR) is 111 cm³/mol. The first kappa shape index (κ1) is 22.6. The van der Waals surface area contributed by atoms with Crippen LogP contribution in [0.5, 0.6) is 0 Å². The summed E-state index contributed by atoms with van der Waals surface area (Å²) in [5.74, 6) is -1.02. The number of ether oxygens (including phenoxy) is 2. The minimum atomic E-state index is -3.99. The van der Waals surface area contributed by atoms with E-state index in [2.05, 4.69) is 0 Å². The summed E-state index contributed by atoms with van der Waals surface area (Å²) in [6.45, 7) is 4.85. The van der Waals surface area contributed by atoms with Crippen LogP contribution in [0.4, 0.5) is 0 Å². The Balaban J connectivity index is 1.74. The van der Waals surface area contributed by atoms with Gasteiger partial charge in [-0.05, 0) is 51.1 Å². The zero-order valence-electron chi connectivity index (χ0n) is 16.9. The van der Waals surface area contributed by atoms with E-state index in [1.807, 2.05) is 6.92 Å². The second kappa shape index (κ2) is 8.60. The average Bonchev–Trinajstić information content (AvgIpc) is 3.00. The highest BCUT2D eigenvalue weighted by atomic mass is 32.2. The first-order chi connectivity index (χ1) is 14.0. The Kier molecular flexibility index (Phi) is 6.49. The van der Waals surface area contributed by atoms with E-state index in [0.717, 1.165) is 11.0 Å². The van der Waals surface area contributed by atoms with Crippen molar-refractivity contribution in [1.29, 1.82) is 0 Å². The van der Waals surface area contributed by atoms with Crippen LogP contribution >= 0.6 is 0 Å². The monoisotopic (exact) mass is 452 g/mol. The third-order valence-corrected chi connectivity index (χ3v) is 7.18. The largest absolute Gasteiger partial charge is 0.342 e. The highest BCUT2D eigenvalue weighted by molar-refractivity contribution is 7.94. The van der Waals surface area contributed by atoms with Gasteiger partial charge in [-0.1, -0.05) is 35.9 Å². The van der Waals surface area contributed by atoms with Crippen LogP contribution < -0.4 is 0 Å². The molecule has 1 heterocycles. The second-order valence-electron chi connectivity index (χ2n) is 7.38. The molecule has 2 aromatic rings. The Hall–Kier alpha value is -2.04. The predicted octanol–water partition coefficient (Wildman–Crippen LogP) is 3.21. The van der Waals surface area contributed by atoms with Gasteiger partial charge in [0.25, 0.3) is 10.1 Å². The quantitative estimate of drug-likeness (QED) is 0.595. The van der Waals surface area contributed by atoms with E-state index in [1.165, 1.54) is 30.3 Å². The summed E-state index contributed by atoms with van der Waals surface area (Å²) in [6, 6.07) is 14.2. The van der Waals surface area contributed by atoms with Crippen molar-refractivity contribution in [1.82, 2.24) is 0 Å². The molecule has 0 aliphatic carbocycles. The molecule has 0 bridgehead atoms. The average molecular weight is 453 g/mol. The zero-order valence-corrected chi connectivity index (χ0v) is 18.5. The van der Waals surface area contributed by atoms with Crippen molar-refractivity contribution in [2.45, 2.75) is 48.6 Å². The Morgan fingerprint density at radius 3 is 2.20 bits per heavy atom. The molecule has 0 amide bonds. The summed E-state index contributed by atoms with van der Waals surface area (Å²) in [7, 11) is -7.66. The Morgan fingerprint density at radius 2 is 1.57 bits per heavy atom. The van der Waals surface area contributed by atoms with Crippen molar-refractivity contribution < 1.29 is 30.5 Å². The van der Waals surface area contributed by atoms with Crippen molar-refractivity contribution >= 4 is 20.0 Å². The van der Waals surface area contributed by atoms with E-state index < -0.39 is 38.0 Å². The molecule has 0 saturated carbocycles.